The van der Waals surface area contributed by atoms with Crippen LogP contribution in [-0.2, 0) is 16.2 Å². The standard InChI is InChI=1S/C48H47BN2/c1-45(2,3)28-24-34-40-32-18-11-9-16-30(32)31-17-10-12-19-33(31)43(40)50-38-20-15-21-39-41(38)49(36(26-28)42(34)50)37-27-29(46(4,5)6)25-35-44(37)51(39)48(8)23-14-13-22-47(35,48)7/h9-12,15-21,24-27H,13-14,22-23H2,1-8H3. The van der Waals surface area contributed by atoms with Crippen LogP contribution in [0.5, 0.6) is 0 Å². The van der Waals surface area contributed by atoms with Gasteiger partial charge in [-0.1, -0.05) is 134 Å². The minimum Gasteiger partial charge on any atom is -0.335 e. The molecular weight excluding hydrogens is 615 g/mol. The zero-order valence-corrected chi connectivity index (χ0v) is 31.5. The first kappa shape index (κ1) is 30.2. The van der Waals surface area contributed by atoms with Gasteiger partial charge in [-0.3, -0.25) is 0 Å². The van der Waals surface area contributed by atoms with E-state index in [1.54, 1.807) is 5.56 Å². The molecule has 4 aliphatic rings. The van der Waals surface area contributed by atoms with Crippen LogP contribution in [0.15, 0.2) is 91.0 Å². The van der Waals surface area contributed by atoms with Gasteiger partial charge in [-0.05, 0) is 98.0 Å². The second-order valence-electron chi connectivity index (χ2n) is 18.9. The molecule has 0 bridgehead atoms. The molecule has 2 unspecified atom stereocenters. The Hall–Kier alpha value is -4.50. The molecule has 2 nitrogen and oxygen atoms in total. The summed E-state index contributed by atoms with van der Waals surface area (Å²) in [5.41, 5.74) is 16.2. The van der Waals surface area contributed by atoms with Gasteiger partial charge in [0.15, 0.2) is 0 Å². The Balaban J connectivity index is 1.39. The Labute approximate surface area is 302 Å². The summed E-state index contributed by atoms with van der Waals surface area (Å²) in [7, 11) is 0. The van der Waals surface area contributed by atoms with Crippen molar-refractivity contribution in [2.45, 2.75) is 103 Å². The van der Waals surface area contributed by atoms with Gasteiger partial charge in [-0.2, -0.15) is 0 Å². The largest absolute Gasteiger partial charge is 0.335 e. The van der Waals surface area contributed by atoms with Crippen LogP contribution in [0.2, 0.25) is 0 Å². The molecular formula is C48H47BN2. The molecule has 0 spiro atoms. The summed E-state index contributed by atoms with van der Waals surface area (Å²) in [6.07, 6.45) is 5.05. The van der Waals surface area contributed by atoms with Gasteiger partial charge in [0.25, 0.3) is 6.71 Å². The number of benzene rings is 6. The van der Waals surface area contributed by atoms with Gasteiger partial charge in [0.05, 0.1) is 11.1 Å². The van der Waals surface area contributed by atoms with Gasteiger partial charge in [0.1, 0.15) is 0 Å². The number of hydrogen-bond acceptors (Lipinski definition) is 1. The van der Waals surface area contributed by atoms with Gasteiger partial charge < -0.3 is 9.47 Å². The van der Waals surface area contributed by atoms with Crippen LogP contribution in [0, 0.1) is 0 Å². The predicted octanol–water partition coefficient (Wildman–Crippen LogP) is 10.6. The maximum Gasteiger partial charge on any atom is 0.252 e. The van der Waals surface area contributed by atoms with Gasteiger partial charge in [0, 0.05) is 44.2 Å². The van der Waals surface area contributed by atoms with Gasteiger partial charge in [-0.15, -0.1) is 0 Å². The molecule has 1 aliphatic carbocycles. The SMILES string of the molecule is CC(C)(C)c1cc2c3c(c1)C1(C)CCCCC1(C)N3c1cccc3c1B2c1cc(C(C)(C)C)cc2c4c5ccccc5c5ccccc5c4n-3c12. The molecule has 11 rings (SSSR count). The summed E-state index contributed by atoms with van der Waals surface area (Å²) < 4.78 is 2.70. The summed E-state index contributed by atoms with van der Waals surface area (Å²) in [6, 6.07) is 36.0. The van der Waals surface area contributed by atoms with Crippen molar-refractivity contribution >= 4 is 77.8 Å². The van der Waals surface area contributed by atoms with Gasteiger partial charge in [0.2, 0.25) is 0 Å². The van der Waals surface area contributed by atoms with E-state index >= 15 is 0 Å². The third-order valence-corrected chi connectivity index (χ3v) is 14.2. The lowest BCUT2D eigenvalue weighted by atomic mass is 9.33. The van der Waals surface area contributed by atoms with E-state index in [1.807, 2.05) is 0 Å². The Bertz CT molecular complexity index is 2720. The van der Waals surface area contributed by atoms with E-state index < -0.39 is 0 Å². The third kappa shape index (κ3) is 3.47. The summed E-state index contributed by atoms with van der Waals surface area (Å²) in [6.45, 7) is 19.8. The number of hydrogen-bond donors (Lipinski definition) is 0. The minimum absolute atomic E-state index is 0.00261. The van der Waals surface area contributed by atoms with Crippen LogP contribution in [0.3, 0.4) is 0 Å². The fourth-order valence-corrected chi connectivity index (χ4v) is 11.3. The van der Waals surface area contributed by atoms with Crippen LogP contribution in [0.4, 0.5) is 11.4 Å². The highest BCUT2D eigenvalue weighted by atomic mass is 15.3. The first-order valence-corrected chi connectivity index (χ1v) is 19.4. The number of nitrogens with zero attached hydrogens (tertiary/aromatic N) is 2. The predicted molar refractivity (Wildman–Crippen MR) is 221 cm³/mol. The van der Waals surface area contributed by atoms with Crippen LogP contribution in [0.25, 0.3) is 49.0 Å². The van der Waals surface area contributed by atoms with Crippen molar-refractivity contribution in [3.63, 3.8) is 0 Å². The maximum atomic E-state index is 2.87. The molecule has 0 saturated heterocycles. The zero-order valence-electron chi connectivity index (χ0n) is 31.5. The molecule has 51 heavy (non-hydrogen) atoms. The molecule has 0 radical (unpaired) electrons. The van der Waals surface area contributed by atoms with E-state index in [1.165, 1.54) is 114 Å². The fourth-order valence-electron chi connectivity index (χ4n) is 11.3. The fraction of sp³-hybridized carbons (Fsp3) is 0.333. The first-order valence-electron chi connectivity index (χ1n) is 19.4. The minimum atomic E-state index is -0.00261. The lowest BCUT2D eigenvalue weighted by molar-refractivity contribution is 0.195. The van der Waals surface area contributed by atoms with Crippen LogP contribution >= 0.6 is 0 Å². The number of aromatic nitrogens is 1. The van der Waals surface area contributed by atoms with Crippen LogP contribution in [-0.4, -0.2) is 16.8 Å². The van der Waals surface area contributed by atoms with Crippen molar-refractivity contribution in [2.24, 2.45) is 0 Å². The average Bonchev–Trinajstić information content (AvgIpc) is 3.56. The molecule has 1 aromatic heterocycles. The highest BCUT2D eigenvalue weighted by molar-refractivity contribution is 7.00. The summed E-state index contributed by atoms with van der Waals surface area (Å²) in [5, 5.41) is 8.14. The summed E-state index contributed by atoms with van der Waals surface area (Å²) >= 11 is 0. The highest BCUT2D eigenvalue weighted by Crippen LogP contribution is 2.62. The second kappa shape index (κ2) is 9.29. The van der Waals surface area contributed by atoms with Crippen molar-refractivity contribution in [2.75, 3.05) is 4.90 Å². The van der Waals surface area contributed by atoms with Crippen molar-refractivity contribution in [3.8, 4) is 5.69 Å². The normalized spacial score (nSPS) is 21.9. The molecule has 7 aromatic rings. The third-order valence-electron chi connectivity index (χ3n) is 14.2. The van der Waals surface area contributed by atoms with E-state index in [-0.39, 0.29) is 28.5 Å². The summed E-state index contributed by atoms with van der Waals surface area (Å²) in [5.74, 6) is 0. The smallest absolute Gasteiger partial charge is 0.252 e. The van der Waals surface area contributed by atoms with E-state index in [9.17, 15) is 0 Å². The zero-order chi connectivity index (χ0) is 35.0. The Kier molecular flexibility index (Phi) is 5.49. The van der Waals surface area contributed by atoms with Crippen LogP contribution in [0.1, 0.15) is 97.8 Å². The molecule has 1 fully saturated rings. The Morgan fingerprint density at radius 2 is 1.20 bits per heavy atom. The number of anilines is 2. The lowest BCUT2D eigenvalue weighted by Crippen LogP contribution is -2.64. The van der Waals surface area contributed by atoms with Crippen molar-refractivity contribution in [3.05, 3.63) is 108 Å². The number of fused-ring (bicyclic) bond motifs is 15. The molecule has 3 aliphatic heterocycles. The van der Waals surface area contributed by atoms with E-state index in [0.29, 0.717) is 0 Å². The maximum absolute atomic E-state index is 2.87. The lowest BCUT2D eigenvalue weighted by Gasteiger charge is -2.52. The molecule has 0 N–H and O–H groups in total. The van der Waals surface area contributed by atoms with Gasteiger partial charge >= 0.3 is 0 Å². The Morgan fingerprint density at radius 3 is 1.92 bits per heavy atom. The number of rotatable bonds is 0. The molecule has 0 amide bonds. The molecule has 1 saturated carbocycles. The quantitative estimate of drug-likeness (QED) is 0.116. The average molecular weight is 663 g/mol. The summed E-state index contributed by atoms with van der Waals surface area (Å²) in [4.78, 5) is 2.87. The molecule has 2 atom stereocenters. The molecule has 3 heteroatoms. The molecule has 252 valence electrons. The highest BCUT2D eigenvalue weighted by Gasteiger charge is 2.61. The van der Waals surface area contributed by atoms with E-state index in [4.69, 9.17) is 0 Å². The van der Waals surface area contributed by atoms with E-state index in [0.717, 1.165) is 0 Å². The molecule has 6 aromatic carbocycles. The second-order valence-corrected chi connectivity index (χ2v) is 18.9. The van der Waals surface area contributed by atoms with Crippen molar-refractivity contribution in [1.82, 2.24) is 4.57 Å². The van der Waals surface area contributed by atoms with Crippen LogP contribution < -0.4 is 21.3 Å². The van der Waals surface area contributed by atoms with E-state index in [2.05, 4.69) is 156 Å². The monoisotopic (exact) mass is 662 g/mol. The first-order chi connectivity index (χ1) is 24.3. The van der Waals surface area contributed by atoms with Gasteiger partial charge in [-0.25, -0.2) is 0 Å². The molecule has 4 heterocycles. The Morgan fingerprint density at radius 1 is 0.588 bits per heavy atom. The topological polar surface area (TPSA) is 8.17 Å². The van der Waals surface area contributed by atoms with Crippen molar-refractivity contribution in [1.29, 1.82) is 0 Å². The van der Waals surface area contributed by atoms with Crippen molar-refractivity contribution < 1.29 is 0 Å².